The third kappa shape index (κ3) is 4.01. The molecule has 1 aliphatic carbocycles. The van der Waals surface area contributed by atoms with Crippen molar-refractivity contribution in [2.75, 3.05) is 12.8 Å². The number of hydrogen-bond acceptors (Lipinski definition) is 2. The van der Waals surface area contributed by atoms with Crippen molar-refractivity contribution in [2.24, 2.45) is 0 Å². The highest BCUT2D eigenvalue weighted by Crippen LogP contribution is 2.26. The SMILES string of the molecule is CCCN(C(=O)c1ccc([S@@](C)=O)cc1)[C@H]1CCc2ccccc2C1. The molecule has 0 saturated heterocycles. The highest BCUT2D eigenvalue weighted by molar-refractivity contribution is 7.84. The molecule has 0 fully saturated rings. The maximum absolute atomic E-state index is 13.1. The standard InChI is InChI=1S/C21H25NO2S/c1-3-14-22(19-11-8-16-6-4-5-7-18(16)15-19)21(23)17-9-12-20(13-10-17)25(2)24/h4-7,9-10,12-13,19H,3,8,11,14-15H2,1-2H3/t19-,25+/m0/s1. The lowest BCUT2D eigenvalue weighted by Gasteiger charge is -2.35. The van der Waals surface area contributed by atoms with Crippen molar-refractivity contribution in [1.29, 1.82) is 0 Å². The average molecular weight is 356 g/mol. The third-order valence-corrected chi connectivity index (χ3v) is 5.86. The highest BCUT2D eigenvalue weighted by Gasteiger charge is 2.27. The van der Waals surface area contributed by atoms with Gasteiger partial charge in [0.15, 0.2) is 0 Å². The Labute approximate surface area is 152 Å². The van der Waals surface area contributed by atoms with Gasteiger partial charge in [-0.25, -0.2) is 0 Å². The minimum Gasteiger partial charge on any atom is -0.335 e. The van der Waals surface area contributed by atoms with Crippen LogP contribution in [0.25, 0.3) is 0 Å². The van der Waals surface area contributed by atoms with Crippen molar-refractivity contribution in [3.8, 4) is 0 Å². The summed E-state index contributed by atoms with van der Waals surface area (Å²) in [6, 6.07) is 16.0. The smallest absolute Gasteiger partial charge is 0.254 e. The normalized spacial score (nSPS) is 17.6. The topological polar surface area (TPSA) is 37.4 Å². The minimum atomic E-state index is -1.02. The van der Waals surface area contributed by atoms with Gasteiger partial charge in [-0.3, -0.25) is 9.00 Å². The summed E-state index contributed by atoms with van der Waals surface area (Å²) in [4.78, 5) is 15.9. The molecule has 0 aliphatic heterocycles. The van der Waals surface area contributed by atoms with Crippen LogP contribution in [0.2, 0.25) is 0 Å². The first-order valence-electron chi connectivity index (χ1n) is 8.91. The van der Waals surface area contributed by atoms with Gasteiger partial charge in [-0.2, -0.15) is 0 Å². The summed E-state index contributed by atoms with van der Waals surface area (Å²) < 4.78 is 11.5. The largest absolute Gasteiger partial charge is 0.335 e. The van der Waals surface area contributed by atoms with Gasteiger partial charge in [0.25, 0.3) is 5.91 Å². The summed E-state index contributed by atoms with van der Waals surface area (Å²) in [6.45, 7) is 2.88. The maximum atomic E-state index is 13.1. The van der Waals surface area contributed by atoms with Crippen LogP contribution in [0.5, 0.6) is 0 Å². The number of hydrogen-bond donors (Lipinski definition) is 0. The average Bonchev–Trinajstić information content (AvgIpc) is 2.65. The van der Waals surface area contributed by atoms with E-state index in [1.807, 2.05) is 4.90 Å². The number of nitrogens with zero attached hydrogens (tertiary/aromatic N) is 1. The van der Waals surface area contributed by atoms with Gasteiger partial charge in [0.1, 0.15) is 0 Å². The summed E-state index contributed by atoms with van der Waals surface area (Å²) >= 11 is 0. The molecule has 0 spiro atoms. The van der Waals surface area contributed by atoms with Gasteiger partial charge >= 0.3 is 0 Å². The lowest BCUT2D eigenvalue weighted by atomic mass is 9.87. The van der Waals surface area contributed by atoms with Gasteiger partial charge in [0.2, 0.25) is 0 Å². The molecule has 0 saturated carbocycles. The van der Waals surface area contributed by atoms with Crippen LogP contribution >= 0.6 is 0 Å². The Hall–Kier alpha value is -1.94. The third-order valence-electron chi connectivity index (χ3n) is 4.92. The van der Waals surface area contributed by atoms with Crippen LogP contribution in [0.15, 0.2) is 53.4 Å². The quantitative estimate of drug-likeness (QED) is 0.817. The van der Waals surface area contributed by atoms with E-state index < -0.39 is 10.8 Å². The number of carbonyl (C=O) groups excluding carboxylic acids is 1. The summed E-state index contributed by atoms with van der Waals surface area (Å²) in [5, 5.41) is 0. The molecular formula is C21H25NO2S. The van der Waals surface area contributed by atoms with Crippen LogP contribution in [0.3, 0.4) is 0 Å². The molecule has 1 aliphatic rings. The summed E-state index contributed by atoms with van der Waals surface area (Å²) in [5.74, 6) is 0.0830. The monoisotopic (exact) mass is 355 g/mol. The van der Waals surface area contributed by atoms with Crippen molar-refractivity contribution in [3.63, 3.8) is 0 Å². The second kappa shape index (κ2) is 7.96. The molecule has 2 aromatic rings. The predicted molar refractivity (Wildman–Crippen MR) is 102 cm³/mol. The summed E-state index contributed by atoms with van der Waals surface area (Å²) in [7, 11) is -1.02. The zero-order valence-corrected chi connectivity index (χ0v) is 15.7. The van der Waals surface area contributed by atoms with E-state index in [-0.39, 0.29) is 11.9 Å². The molecule has 132 valence electrons. The molecule has 3 nitrogen and oxygen atoms in total. The molecule has 1 amide bonds. The van der Waals surface area contributed by atoms with Gasteiger partial charge in [0.05, 0.1) is 0 Å². The molecule has 2 atom stereocenters. The van der Waals surface area contributed by atoms with Crippen molar-refractivity contribution in [3.05, 3.63) is 65.2 Å². The first-order valence-corrected chi connectivity index (χ1v) is 10.5. The number of aryl methyl sites for hydroxylation is 1. The first kappa shape index (κ1) is 17.9. The molecule has 0 radical (unpaired) electrons. The van der Waals surface area contributed by atoms with E-state index in [4.69, 9.17) is 0 Å². The Morgan fingerprint density at radius 2 is 1.80 bits per heavy atom. The molecule has 0 heterocycles. The lowest BCUT2D eigenvalue weighted by molar-refractivity contribution is 0.0661. The van der Waals surface area contributed by atoms with Gasteiger partial charge in [-0.05, 0) is 61.1 Å². The Morgan fingerprint density at radius 1 is 1.12 bits per heavy atom. The van der Waals surface area contributed by atoms with Crippen LogP contribution in [-0.4, -0.2) is 33.9 Å². The molecular weight excluding hydrogens is 330 g/mol. The second-order valence-electron chi connectivity index (χ2n) is 6.64. The molecule has 0 aromatic heterocycles. The number of amides is 1. The van der Waals surface area contributed by atoms with Crippen LogP contribution in [0.1, 0.15) is 41.3 Å². The van der Waals surface area contributed by atoms with Crippen LogP contribution in [-0.2, 0) is 23.6 Å². The van der Waals surface area contributed by atoms with E-state index in [2.05, 4.69) is 31.2 Å². The fourth-order valence-corrected chi connectivity index (χ4v) is 4.11. The van der Waals surface area contributed by atoms with E-state index in [1.54, 1.807) is 30.5 Å². The van der Waals surface area contributed by atoms with E-state index >= 15 is 0 Å². The lowest BCUT2D eigenvalue weighted by Crippen LogP contribution is -2.43. The number of benzene rings is 2. The molecule has 0 bridgehead atoms. The van der Waals surface area contributed by atoms with Crippen LogP contribution < -0.4 is 0 Å². The van der Waals surface area contributed by atoms with Crippen molar-refractivity contribution in [2.45, 2.75) is 43.5 Å². The predicted octanol–water partition coefficient (Wildman–Crippen LogP) is 3.83. The summed E-state index contributed by atoms with van der Waals surface area (Å²) in [5.41, 5.74) is 3.46. The first-order chi connectivity index (χ1) is 12.1. The van der Waals surface area contributed by atoms with Gasteiger partial charge in [-0.1, -0.05) is 31.2 Å². The Kier molecular flexibility index (Phi) is 5.69. The highest BCUT2D eigenvalue weighted by atomic mass is 32.2. The Bertz CT molecular complexity index is 770. The minimum absolute atomic E-state index is 0.0830. The fraction of sp³-hybridized carbons (Fsp3) is 0.381. The molecule has 4 heteroatoms. The van der Waals surface area contributed by atoms with Gasteiger partial charge < -0.3 is 4.90 Å². The second-order valence-corrected chi connectivity index (χ2v) is 8.02. The maximum Gasteiger partial charge on any atom is 0.254 e. The van der Waals surface area contributed by atoms with Gasteiger partial charge in [0, 0.05) is 40.1 Å². The molecule has 2 aromatic carbocycles. The van der Waals surface area contributed by atoms with E-state index in [1.165, 1.54) is 11.1 Å². The van der Waals surface area contributed by atoms with Crippen molar-refractivity contribution in [1.82, 2.24) is 4.90 Å². The van der Waals surface area contributed by atoms with Crippen molar-refractivity contribution < 1.29 is 9.00 Å². The van der Waals surface area contributed by atoms with E-state index in [0.29, 0.717) is 5.56 Å². The van der Waals surface area contributed by atoms with Crippen molar-refractivity contribution >= 4 is 16.7 Å². The van der Waals surface area contributed by atoms with Crippen LogP contribution in [0, 0.1) is 0 Å². The number of rotatable bonds is 5. The molecule has 25 heavy (non-hydrogen) atoms. The molecule has 0 N–H and O–H groups in total. The van der Waals surface area contributed by atoms with Gasteiger partial charge in [-0.15, -0.1) is 0 Å². The number of carbonyl (C=O) groups is 1. The van der Waals surface area contributed by atoms with E-state index in [0.717, 1.165) is 37.1 Å². The number of fused-ring (bicyclic) bond motifs is 1. The fourth-order valence-electron chi connectivity index (χ4n) is 3.59. The molecule has 0 unspecified atom stereocenters. The van der Waals surface area contributed by atoms with E-state index in [9.17, 15) is 9.00 Å². The summed E-state index contributed by atoms with van der Waals surface area (Å²) in [6.07, 6.45) is 5.57. The van der Waals surface area contributed by atoms with Crippen LogP contribution in [0.4, 0.5) is 0 Å². The molecule has 3 rings (SSSR count). The zero-order chi connectivity index (χ0) is 17.8. The Balaban J connectivity index is 1.81. The zero-order valence-electron chi connectivity index (χ0n) is 14.9. The Morgan fingerprint density at radius 3 is 2.44 bits per heavy atom.